The Morgan fingerprint density at radius 1 is 1.00 bits per heavy atom. The van der Waals surface area contributed by atoms with E-state index in [0.717, 1.165) is 24.8 Å². The molecule has 0 spiro atoms. The van der Waals surface area contributed by atoms with E-state index in [2.05, 4.69) is 39.0 Å². The van der Waals surface area contributed by atoms with Gasteiger partial charge >= 0.3 is 0 Å². The minimum absolute atomic E-state index is 0.230. The van der Waals surface area contributed by atoms with Crippen LogP contribution in [-0.2, 0) is 25.6 Å². The van der Waals surface area contributed by atoms with Gasteiger partial charge in [0, 0.05) is 12.5 Å². The number of hydrogen-bond donors (Lipinski definition) is 1. The highest BCUT2D eigenvalue weighted by Crippen LogP contribution is 2.46. The number of aliphatic hydroxyl groups is 1. The van der Waals surface area contributed by atoms with Gasteiger partial charge in [0.05, 0.1) is 39.1 Å². The Hall–Kier alpha value is -1.50. The number of rotatable bonds is 13. The first kappa shape index (κ1) is 27.1. The third-order valence-corrected chi connectivity index (χ3v) is 7.60. The summed E-state index contributed by atoms with van der Waals surface area (Å²) in [7, 11) is 1.66. The summed E-state index contributed by atoms with van der Waals surface area (Å²) in [5, 5.41) is 11.7. The first-order chi connectivity index (χ1) is 16.4. The highest BCUT2D eigenvalue weighted by atomic mass is 16.7. The molecule has 1 N–H and O–H groups in total. The van der Waals surface area contributed by atoms with Gasteiger partial charge in [-0.1, -0.05) is 68.7 Å². The van der Waals surface area contributed by atoms with E-state index in [4.69, 9.17) is 18.9 Å². The lowest BCUT2D eigenvalue weighted by Crippen LogP contribution is -2.40. The van der Waals surface area contributed by atoms with Crippen LogP contribution in [0.5, 0.6) is 0 Å². The summed E-state index contributed by atoms with van der Waals surface area (Å²) in [6.07, 6.45) is 7.22. The van der Waals surface area contributed by atoms with Gasteiger partial charge in [-0.3, -0.25) is 0 Å². The standard InChI is InChI=1S/C29H44O5/c1-22-14-15-26(29(2,3)27(22)20-34-21-32-17-16-31-4)28(30)25-13-9-8-12-24(25)19-33-18-23-10-6-5-7-11-23/h5-7,10-11,15,24-25,28,30H,8-9,12-14,16-21H2,1-4H3/t24-,25+,28+/m0/s1. The second kappa shape index (κ2) is 13.6. The van der Waals surface area contributed by atoms with Gasteiger partial charge in [-0.05, 0) is 54.7 Å². The molecular weight excluding hydrogens is 428 g/mol. The van der Waals surface area contributed by atoms with E-state index in [9.17, 15) is 5.11 Å². The monoisotopic (exact) mass is 472 g/mol. The minimum Gasteiger partial charge on any atom is -0.388 e. The topological polar surface area (TPSA) is 57.2 Å². The molecule has 3 rings (SSSR count). The largest absolute Gasteiger partial charge is 0.388 e. The van der Waals surface area contributed by atoms with Gasteiger partial charge in [0.1, 0.15) is 6.79 Å². The van der Waals surface area contributed by atoms with Crippen molar-refractivity contribution in [1.82, 2.24) is 0 Å². The van der Waals surface area contributed by atoms with Gasteiger partial charge < -0.3 is 24.1 Å². The van der Waals surface area contributed by atoms with Crippen molar-refractivity contribution in [2.24, 2.45) is 17.3 Å². The fraction of sp³-hybridized carbons (Fsp3) is 0.655. The zero-order valence-corrected chi connectivity index (χ0v) is 21.6. The molecule has 1 aromatic carbocycles. The fourth-order valence-electron chi connectivity index (χ4n) is 5.54. The van der Waals surface area contributed by atoms with Gasteiger partial charge in [0.2, 0.25) is 0 Å². The maximum atomic E-state index is 11.7. The predicted octanol–water partition coefficient (Wildman–Crippen LogP) is 5.68. The minimum atomic E-state index is -0.457. The summed E-state index contributed by atoms with van der Waals surface area (Å²) in [6.45, 7) is 9.80. The van der Waals surface area contributed by atoms with Crippen LogP contribution in [0, 0.1) is 17.3 Å². The number of aliphatic hydroxyl groups excluding tert-OH is 1. The van der Waals surface area contributed by atoms with Crippen molar-refractivity contribution in [3.05, 3.63) is 58.7 Å². The molecule has 0 amide bonds. The van der Waals surface area contributed by atoms with Crippen LogP contribution >= 0.6 is 0 Å². The number of benzene rings is 1. The smallest absolute Gasteiger partial charge is 0.147 e. The summed E-state index contributed by atoms with van der Waals surface area (Å²) >= 11 is 0. The van der Waals surface area contributed by atoms with Crippen LogP contribution in [0.15, 0.2) is 53.1 Å². The molecule has 3 atom stereocenters. The third kappa shape index (κ3) is 7.25. The van der Waals surface area contributed by atoms with Crippen LogP contribution in [0.25, 0.3) is 0 Å². The molecule has 5 heteroatoms. The van der Waals surface area contributed by atoms with Gasteiger partial charge in [0.25, 0.3) is 0 Å². The Kier molecular flexibility index (Phi) is 10.8. The van der Waals surface area contributed by atoms with Crippen molar-refractivity contribution in [3.63, 3.8) is 0 Å². The molecule has 2 aliphatic carbocycles. The second-order valence-corrected chi connectivity index (χ2v) is 10.3. The Morgan fingerprint density at radius 3 is 2.53 bits per heavy atom. The fourth-order valence-corrected chi connectivity index (χ4v) is 5.54. The molecule has 0 bridgehead atoms. The molecular formula is C29H44O5. The van der Waals surface area contributed by atoms with Crippen LogP contribution in [0.2, 0.25) is 0 Å². The van der Waals surface area contributed by atoms with Crippen LogP contribution in [0.3, 0.4) is 0 Å². The van der Waals surface area contributed by atoms with Crippen molar-refractivity contribution in [1.29, 1.82) is 0 Å². The van der Waals surface area contributed by atoms with Crippen molar-refractivity contribution in [2.45, 2.75) is 65.6 Å². The van der Waals surface area contributed by atoms with E-state index >= 15 is 0 Å². The molecule has 2 aliphatic rings. The summed E-state index contributed by atoms with van der Waals surface area (Å²) in [6, 6.07) is 10.3. The molecule has 190 valence electrons. The quantitative estimate of drug-likeness (QED) is 0.227. The predicted molar refractivity (Wildman–Crippen MR) is 135 cm³/mol. The summed E-state index contributed by atoms with van der Waals surface area (Å²) in [5.41, 5.74) is 4.66. The molecule has 1 aromatic rings. The first-order valence-corrected chi connectivity index (χ1v) is 12.8. The van der Waals surface area contributed by atoms with Crippen molar-refractivity contribution in [2.75, 3.05) is 40.3 Å². The van der Waals surface area contributed by atoms with Crippen LogP contribution < -0.4 is 0 Å². The van der Waals surface area contributed by atoms with E-state index in [0.29, 0.717) is 39.0 Å². The molecule has 0 unspecified atom stereocenters. The summed E-state index contributed by atoms with van der Waals surface area (Å²) in [5.74, 6) is 0.609. The molecule has 5 nitrogen and oxygen atoms in total. The maximum absolute atomic E-state index is 11.7. The molecule has 0 saturated heterocycles. The zero-order valence-electron chi connectivity index (χ0n) is 21.6. The van der Waals surface area contributed by atoms with E-state index in [1.165, 1.54) is 29.6 Å². The lowest BCUT2D eigenvalue weighted by atomic mass is 9.65. The average Bonchev–Trinajstić information content (AvgIpc) is 2.83. The highest BCUT2D eigenvalue weighted by molar-refractivity contribution is 5.39. The van der Waals surface area contributed by atoms with Gasteiger partial charge in [-0.25, -0.2) is 0 Å². The third-order valence-electron chi connectivity index (χ3n) is 7.60. The van der Waals surface area contributed by atoms with E-state index in [1.807, 2.05) is 18.2 Å². The number of allylic oxidation sites excluding steroid dienone is 2. The van der Waals surface area contributed by atoms with E-state index in [-0.39, 0.29) is 18.1 Å². The Labute approximate surface area is 206 Å². The number of hydrogen-bond acceptors (Lipinski definition) is 5. The molecule has 0 heterocycles. The first-order valence-electron chi connectivity index (χ1n) is 12.8. The normalized spacial score (nSPS) is 23.6. The lowest BCUT2D eigenvalue weighted by molar-refractivity contribution is -0.0615. The van der Waals surface area contributed by atoms with Gasteiger partial charge in [0.15, 0.2) is 0 Å². The van der Waals surface area contributed by atoms with Gasteiger partial charge in [-0.15, -0.1) is 0 Å². The lowest BCUT2D eigenvalue weighted by Gasteiger charge is -2.43. The average molecular weight is 473 g/mol. The van der Waals surface area contributed by atoms with E-state index < -0.39 is 6.10 Å². The summed E-state index contributed by atoms with van der Waals surface area (Å²) in [4.78, 5) is 0. The van der Waals surface area contributed by atoms with E-state index in [1.54, 1.807) is 7.11 Å². The number of methoxy groups -OCH3 is 1. The SMILES string of the molecule is COCCOCOCC1=C(C)CC=C([C@H](O)[C@@H]2CCCC[C@H]2COCc2ccccc2)C1(C)C. The van der Waals surface area contributed by atoms with Crippen molar-refractivity contribution >= 4 is 0 Å². The molecule has 1 saturated carbocycles. The highest BCUT2D eigenvalue weighted by Gasteiger charge is 2.41. The van der Waals surface area contributed by atoms with Crippen molar-refractivity contribution < 1.29 is 24.1 Å². The Balaban J connectivity index is 1.60. The summed E-state index contributed by atoms with van der Waals surface area (Å²) < 4.78 is 22.5. The van der Waals surface area contributed by atoms with Crippen LogP contribution in [0.4, 0.5) is 0 Å². The number of ether oxygens (including phenoxy) is 4. The van der Waals surface area contributed by atoms with Crippen LogP contribution in [-0.4, -0.2) is 51.5 Å². The maximum Gasteiger partial charge on any atom is 0.147 e. The molecule has 34 heavy (non-hydrogen) atoms. The molecule has 1 fully saturated rings. The zero-order chi connectivity index (χ0) is 24.4. The van der Waals surface area contributed by atoms with Gasteiger partial charge in [-0.2, -0.15) is 0 Å². The second-order valence-electron chi connectivity index (χ2n) is 10.3. The molecule has 0 radical (unpaired) electrons. The Bertz CT molecular complexity index is 798. The van der Waals surface area contributed by atoms with Crippen LogP contribution in [0.1, 0.15) is 58.4 Å². The van der Waals surface area contributed by atoms with Crippen molar-refractivity contribution in [3.8, 4) is 0 Å². The molecule has 0 aromatic heterocycles. The Morgan fingerprint density at radius 2 is 1.76 bits per heavy atom. The molecule has 0 aliphatic heterocycles.